The fourth-order valence-corrected chi connectivity index (χ4v) is 1.43. The molecule has 0 aromatic carbocycles. The SMILES string of the molecule is CCC(C)=NCCN1CCNCC1. The average molecular weight is 183 g/mol. The highest BCUT2D eigenvalue weighted by molar-refractivity contribution is 5.81. The first-order valence-corrected chi connectivity index (χ1v) is 5.26. The summed E-state index contributed by atoms with van der Waals surface area (Å²) < 4.78 is 0. The van der Waals surface area contributed by atoms with Crippen molar-refractivity contribution in [2.24, 2.45) is 4.99 Å². The maximum Gasteiger partial charge on any atom is 0.0516 e. The summed E-state index contributed by atoms with van der Waals surface area (Å²) in [5.41, 5.74) is 1.27. The smallest absolute Gasteiger partial charge is 0.0516 e. The normalized spacial score (nSPS) is 20.6. The number of rotatable bonds is 4. The van der Waals surface area contributed by atoms with E-state index in [1.165, 1.54) is 18.8 Å². The molecule has 1 rings (SSSR count). The van der Waals surface area contributed by atoms with Gasteiger partial charge in [-0.25, -0.2) is 0 Å². The highest BCUT2D eigenvalue weighted by Gasteiger charge is 2.07. The van der Waals surface area contributed by atoms with Gasteiger partial charge in [0.25, 0.3) is 0 Å². The topological polar surface area (TPSA) is 27.6 Å². The molecule has 0 spiro atoms. The summed E-state index contributed by atoms with van der Waals surface area (Å²) in [5, 5.41) is 3.35. The van der Waals surface area contributed by atoms with Crippen LogP contribution in [0.2, 0.25) is 0 Å². The Morgan fingerprint density at radius 2 is 2.08 bits per heavy atom. The molecule has 1 heterocycles. The summed E-state index contributed by atoms with van der Waals surface area (Å²) in [4.78, 5) is 6.97. The Morgan fingerprint density at radius 1 is 1.38 bits per heavy atom. The fraction of sp³-hybridized carbons (Fsp3) is 0.900. The number of aliphatic imine (C=N–C) groups is 1. The van der Waals surface area contributed by atoms with Gasteiger partial charge in [0.2, 0.25) is 0 Å². The molecule has 1 aliphatic rings. The van der Waals surface area contributed by atoms with Crippen molar-refractivity contribution in [3.05, 3.63) is 0 Å². The minimum atomic E-state index is 0.972. The molecule has 0 atom stereocenters. The van der Waals surface area contributed by atoms with Crippen LogP contribution >= 0.6 is 0 Å². The van der Waals surface area contributed by atoms with E-state index in [1.54, 1.807) is 0 Å². The van der Waals surface area contributed by atoms with Gasteiger partial charge in [-0.05, 0) is 13.3 Å². The van der Waals surface area contributed by atoms with E-state index in [9.17, 15) is 0 Å². The van der Waals surface area contributed by atoms with Crippen LogP contribution in [0.25, 0.3) is 0 Å². The summed E-state index contributed by atoms with van der Waals surface area (Å²) >= 11 is 0. The Kier molecular flexibility index (Phi) is 5.01. The van der Waals surface area contributed by atoms with Crippen molar-refractivity contribution in [1.29, 1.82) is 0 Å². The zero-order valence-electron chi connectivity index (χ0n) is 8.84. The van der Waals surface area contributed by atoms with Crippen LogP contribution < -0.4 is 5.32 Å². The van der Waals surface area contributed by atoms with E-state index >= 15 is 0 Å². The standard InChI is InChI=1S/C10H21N3/c1-3-10(2)12-6-9-13-7-4-11-5-8-13/h11H,3-9H2,1-2H3. The van der Waals surface area contributed by atoms with Gasteiger partial charge in [-0.3, -0.25) is 9.89 Å². The first-order chi connectivity index (χ1) is 6.33. The molecule has 0 unspecified atom stereocenters. The quantitative estimate of drug-likeness (QED) is 0.652. The molecule has 76 valence electrons. The highest BCUT2D eigenvalue weighted by Crippen LogP contribution is 1.92. The first kappa shape index (κ1) is 10.7. The Labute approximate surface area is 81.2 Å². The second kappa shape index (κ2) is 6.11. The lowest BCUT2D eigenvalue weighted by molar-refractivity contribution is 0.247. The van der Waals surface area contributed by atoms with E-state index in [4.69, 9.17) is 0 Å². The van der Waals surface area contributed by atoms with Crippen LogP contribution in [0, 0.1) is 0 Å². The minimum absolute atomic E-state index is 0.972. The van der Waals surface area contributed by atoms with Crippen LogP contribution in [0.3, 0.4) is 0 Å². The average Bonchev–Trinajstić information content (AvgIpc) is 2.19. The lowest BCUT2D eigenvalue weighted by Gasteiger charge is -2.26. The largest absolute Gasteiger partial charge is 0.314 e. The van der Waals surface area contributed by atoms with Gasteiger partial charge in [0.05, 0.1) is 6.54 Å². The summed E-state index contributed by atoms with van der Waals surface area (Å²) in [5.74, 6) is 0. The predicted octanol–water partition coefficient (Wildman–Crippen LogP) is 0.762. The molecular weight excluding hydrogens is 162 g/mol. The third-order valence-corrected chi connectivity index (χ3v) is 2.52. The van der Waals surface area contributed by atoms with Crippen molar-refractivity contribution in [2.45, 2.75) is 20.3 Å². The van der Waals surface area contributed by atoms with E-state index in [2.05, 4.69) is 29.1 Å². The zero-order chi connectivity index (χ0) is 9.52. The lowest BCUT2D eigenvalue weighted by atomic mass is 10.3. The van der Waals surface area contributed by atoms with Crippen molar-refractivity contribution < 1.29 is 0 Å². The van der Waals surface area contributed by atoms with Crippen LogP contribution in [0.15, 0.2) is 4.99 Å². The third kappa shape index (κ3) is 4.39. The third-order valence-electron chi connectivity index (χ3n) is 2.52. The number of hydrogen-bond acceptors (Lipinski definition) is 3. The lowest BCUT2D eigenvalue weighted by Crippen LogP contribution is -2.44. The molecule has 0 bridgehead atoms. The Hall–Kier alpha value is -0.410. The second-order valence-corrected chi connectivity index (χ2v) is 3.56. The van der Waals surface area contributed by atoms with E-state index < -0.39 is 0 Å². The van der Waals surface area contributed by atoms with Gasteiger partial charge in [-0.15, -0.1) is 0 Å². The molecule has 3 heteroatoms. The molecule has 1 N–H and O–H groups in total. The van der Waals surface area contributed by atoms with Crippen LogP contribution in [0.4, 0.5) is 0 Å². The number of nitrogens with one attached hydrogen (secondary N) is 1. The molecule has 1 fully saturated rings. The van der Waals surface area contributed by atoms with Crippen molar-refractivity contribution in [1.82, 2.24) is 10.2 Å². The minimum Gasteiger partial charge on any atom is -0.314 e. The molecule has 0 aromatic heterocycles. The van der Waals surface area contributed by atoms with Gasteiger partial charge in [-0.2, -0.15) is 0 Å². The van der Waals surface area contributed by atoms with Crippen LogP contribution in [0.5, 0.6) is 0 Å². The molecular formula is C10H21N3. The monoisotopic (exact) mass is 183 g/mol. The van der Waals surface area contributed by atoms with Crippen LogP contribution in [-0.2, 0) is 0 Å². The highest BCUT2D eigenvalue weighted by atomic mass is 15.2. The van der Waals surface area contributed by atoms with Crippen LogP contribution in [-0.4, -0.2) is 49.9 Å². The summed E-state index contributed by atoms with van der Waals surface area (Å²) in [6.07, 6.45) is 1.08. The van der Waals surface area contributed by atoms with E-state index in [-0.39, 0.29) is 0 Å². The van der Waals surface area contributed by atoms with Crippen molar-refractivity contribution >= 4 is 5.71 Å². The van der Waals surface area contributed by atoms with Crippen LogP contribution in [0.1, 0.15) is 20.3 Å². The fourth-order valence-electron chi connectivity index (χ4n) is 1.43. The van der Waals surface area contributed by atoms with Gasteiger partial charge >= 0.3 is 0 Å². The molecule has 0 radical (unpaired) electrons. The summed E-state index contributed by atoms with van der Waals surface area (Å²) in [6.45, 7) is 11.0. The molecule has 13 heavy (non-hydrogen) atoms. The van der Waals surface area contributed by atoms with Crippen molar-refractivity contribution in [3.63, 3.8) is 0 Å². The molecule has 0 amide bonds. The van der Waals surface area contributed by atoms with Gasteiger partial charge in [0.15, 0.2) is 0 Å². The summed E-state index contributed by atoms with van der Waals surface area (Å²) in [7, 11) is 0. The van der Waals surface area contributed by atoms with E-state index in [1.807, 2.05) is 0 Å². The van der Waals surface area contributed by atoms with Gasteiger partial charge < -0.3 is 5.32 Å². The van der Waals surface area contributed by atoms with Gasteiger partial charge in [0.1, 0.15) is 0 Å². The van der Waals surface area contributed by atoms with Gasteiger partial charge in [0, 0.05) is 38.4 Å². The van der Waals surface area contributed by atoms with E-state index in [0.717, 1.165) is 32.6 Å². The maximum atomic E-state index is 4.49. The van der Waals surface area contributed by atoms with Gasteiger partial charge in [-0.1, -0.05) is 6.92 Å². The maximum absolute atomic E-state index is 4.49. The Balaban J connectivity index is 2.10. The molecule has 1 aliphatic heterocycles. The zero-order valence-corrected chi connectivity index (χ0v) is 8.84. The molecule has 3 nitrogen and oxygen atoms in total. The molecule has 0 aliphatic carbocycles. The molecule has 0 saturated carbocycles. The second-order valence-electron chi connectivity index (χ2n) is 3.56. The predicted molar refractivity (Wildman–Crippen MR) is 57.6 cm³/mol. The van der Waals surface area contributed by atoms with Crippen molar-refractivity contribution in [3.8, 4) is 0 Å². The number of hydrogen-bond donors (Lipinski definition) is 1. The van der Waals surface area contributed by atoms with E-state index in [0.29, 0.717) is 0 Å². The Bertz CT molecular complexity index is 160. The number of nitrogens with zero attached hydrogens (tertiary/aromatic N) is 2. The molecule has 0 aromatic rings. The summed E-state index contributed by atoms with van der Waals surface area (Å²) in [6, 6.07) is 0. The number of piperazine rings is 1. The Morgan fingerprint density at radius 3 is 2.69 bits per heavy atom. The van der Waals surface area contributed by atoms with Crippen molar-refractivity contribution in [2.75, 3.05) is 39.3 Å². The molecule has 1 saturated heterocycles. The first-order valence-electron chi connectivity index (χ1n) is 5.26.